The number of likely N-dealkylation sites (tertiary alicyclic amines) is 1. The average Bonchev–Trinajstić information content (AvgIpc) is 2.76. The number of phenolic OH excluding ortho intramolecular Hbond substituents is 1. The second-order valence-electron chi connectivity index (χ2n) is 5.31. The Morgan fingerprint density at radius 2 is 2.05 bits per heavy atom. The van der Waals surface area contributed by atoms with Gasteiger partial charge in [-0.3, -0.25) is 9.59 Å². The molecule has 2 N–H and O–H groups in total. The molecule has 1 aromatic carbocycles. The number of aromatic hydroxyl groups is 1. The first kappa shape index (κ1) is 13.4. The molecule has 0 saturated carbocycles. The molecule has 5 nitrogen and oxygen atoms in total. The average molecular weight is 263 g/mol. The van der Waals surface area contributed by atoms with Gasteiger partial charge in [-0.1, -0.05) is 12.1 Å². The third-order valence-electron chi connectivity index (χ3n) is 3.75. The summed E-state index contributed by atoms with van der Waals surface area (Å²) in [6.07, 6.45) is 0.431. The molecule has 1 aliphatic heterocycles. The summed E-state index contributed by atoms with van der Waals surface area (Å²) in [5.41, 5.74) is -0.0320. The number of nitrogens with zero attached hydrogens (tertiary/aromatic N) is 1. The summed E-state index contributed by atoms with van der Waals surface area (Å²) in [6, 6.07) is 4.98. The number of para-hydroxylation sites is 1. The first-order valence-corrected chi connectivity index (χ1v) is 6.16. The summed E-state index contributed by atoms with van der Waals surface area (Å²) in [6.45, 7) is 3.93. The molecule has 5 heteroatoms. The highest BCUT2D eigenvalue weighted by atomic mass is 16.4. The second kappa shape index (κ2) is 4.57. The molecular weight excluding hydrogens is 246 g/mol. The van der Waals surface area contributed by atoms with Gasteiger partial charge in [0.1, 0.15) is 5.75 Å². The van der Waals surface area contributed by atoms with Crippen LogP contribution in [0.25, 0.3) is 0 Å². The van der Waals surface area contributed by atoms with Crippen LogP contribution in [0.1, 0.15) is 29.3 Å². The van der Waals surface area contributed by atoms with E-state index in [2.05, 4.69) is 0 Å². The van der Waals surface area contributed by atoms with Gasteiger partial charge >= 0.3 is 5.97 Å². The fourth-order valence-electron chi connectivity index (χ4n) is 2.31. The third-order valence-corrected chi connectivity index (χ3v) is 3.75. The lowest BCUT2D eigenvalue weighted by Gasteiger charge is -2.20. The predicted molar refractivity (Wildman–Crippen MR) is 69.1 cm³/mol. The predicted octanol–water partition coefficient (Wildman–Crippen LogP) is 1.64. The van der Waals surface area contributed by atoms with Crippen LogP contribution in [-0.2, 0) is 4.79 Å². The molecule has 0 spiro atoms. The van der Waals surface area contributed by atoms with Gasteiger partial charge in [0.15, 0.2) is 0 Å². The van der Waals surface area contributed by atoms with E-state index in [1.165, 1.54) is 4.90 Å². The van der Waals surface area contributed by atoms with E-state index in [0.29, 0.717) is 18.5 Å². The number of aliphatic carboxylic acids is 1. The molecule has 19 heavy (non-hydrogen) atoms. The van der Waals surface area contributed by atoms with Crippen LogP contribution in [0.5, 0.6) is 5.75 Å². The smallest absolute Gasteiger partial charge is 0.311 e. The molecule has 1 amide bonds. The minimum absolute atomic E-state index is 0.0311. The molecule has 0 radical (unpaired) electrons. The number of carboxylic acid groups (broad SMARTS) is 1. The maximum Gasteiger partial charge on any atom is 0.311 e. The van der Waals surface area contributed by atoms with Crippen LogP contribution in [0.4, 0.5) is 0 Å². The Morgan fingerprint density at radius 3 is 2.63 bits per heavy atom. The summed E-state index contributed by atoms with van der Waals surface area (Å²) in [7, 11) is 0. The quantitative estimate of drug-likeness (QED) is 0.850. The first-order valence-electron chi connectivity index (χ1n) is 6.16. The summed E-state index contributed by atoms with van der Waals surface area (Å²) < 4.78 is 0. The van der Waals surface area contributed by atoms with Crippen molar-refractivity contribution in [3.05, 3.63) is 29.3 Å². The Morgan fingerprint density at radius 1 is 1.37 bits per heavy atom. The SMILES string of the molecule is Cc1cccc(C(=O)N2CCC(C)(C(=O)O)C2)c1O. The van der Waals surface area contributed by atoms with Crippen molar-refractivity contribution in [1.29, 1.82) is 0 Å². The zero-order valence-electron chi connectivity index (χ0n) is 11.0. The van der Waals surface area contributed by atoms with Crippen molar-refractivity contribution in [2.45, 2.75) is 20.3 Å². The van der Waals surface area contributed by atoms with Crippen molar-refractivity contribution in [3.8, 4) is 5.75 Å². The van der Waals surface area contributed by atoms with E-state index in [4.69, 9.17) is 5.11 Å². The molecule has 1 heterocycles. The lowest BCUT2D eigenvalue weighted by molar-refractivity contribution is -0.147. The molecule has 0 bridgehead atoms. The van der Waals surface area contributed by atoms with Crippen molar-refractivity contribution in [3.63, 3.8) is 0 Å². The molecule has 0 aromatic heterocycles. The summed E-state index contributed by atoms with van der Waals surface area (Å²) in [5.74, 6) is -1.24. The maximum atomic E-state index is 12.3. The lowest BCUT2D eigenvalue weighted by atomic mass is 9.90. The molecule has 1 saturated heterocycles. The van der Waals surface area contributed by atoms with Crippen molar-refractivity contribution >= 4 is 11.9 Å². The van der Waals surface area contributed by atoms with Gasteiger partial charge in [-0.15, -0.1) is 0 Å². The number of carbonyl (C=O) groups is 2. The van der Waals surface area contributed by atoms with Gasteiger partial charge in [-0.25, -0.2) is 0 Å². The number of hydrogen-bond acceptors (Lipinski definition) is 3. The van der Waals surface area contributed by atoms with Gasteiger partial charge in [-0.05, 0) is 31.9 Å². The van der Waals surface area contributed by atoms with E-state index in [0.717, 1.165) is 0 Å². The van der Waals surface area contributed by atoms with Crippen LogP contribution in [0.15, 0.2) is 18.2 Å². The number of carbonyl (C=O) groups excluding carboxylic acids is 1. The largest absolute Gasteiger partial charge is 0.507 e. The van der Waals surface area contributed by atoms with Gasteiger partial charge in [0.25, 0.3) is 5.91 Å². The van der Waals surface area contributed by atoms with E-state index in [9.17, 15) is 14.7 Å². The Balaban J connectivity index is 2.23. The Kier molecular flexibility index (Phi) is 3.22. The molecule has 1 aromatic rings. The fraction of sp³-hybridized carbons (Fsp3) is 0.429. The molecule has 1 fully saturated rings. The minimum Gasteiger partial charge on any atom is -0.507 e. The standard InChI is InChI=1S/C14H17NO4/c1-9-4-3-5-10(11(9)16)12(17)15-7-6-14(2,8-15)13(18)19/h3-5,16H,6-8H2,1-2H3,(H,18,19). The van der Waals surface area contributed by atoms with E-state index in [1.807, 2.05) is 0 Å². The maximum absolute atomic E-state index is 12.3. The highest BCUT2D eigenvalue weighted by Gasteiger charge is 2.42. The van der Waals surface area contributed by atoms with Crippen molar-refractivity contribution in [2.24, 2.45) is 5.41 Å². The second-order valence-corrected chi connectivity index (χ2v) is 5.31. The number of phenols is 1. The molecule has 1 aliphatic rings. The summed E-state index contributed by atoms with van der Waals surface area (Å²) in [4.78, 5) is 25.0. The number of aryl methyl sites for hydroxylation is 1. The van der Waals surface area contributed by atoms with Gasteiger partial charge in [0, 0.05) is 13.1 Å². The van der Waals surface area contributed by atoms with E-state index in [1.54, 1.807) is 32.0 Å². The van der Waals surface area contributed by atoms with E-state index in [-0.39, 0.29) is 23.8 Å². The third kappa shape index (κ3) is 2.28. The van der Waals surface area contributed by atoms with Crippen LogP contribution in [0.3, 0.4) is 0 Å². The number of benzene rings is 1. The molecule has 102 valence electrons. The number of carboxylic acids is 1. The Hall–Kier alpha value is -2.04. The Bertz CT molecular complexity index is 540. The monoisotopic (exact) mass is 263 g/mol. The van der Waals surface area contributed by atoms with Gasteiger partial charge in [-0.2, -0.15) is 0 Å². The topological polar surface area (TPSA) is 77.8 Å². The van der Waals surface area contributed by atoms with Crippen molar-refractivity contribution in [2.75, 3.05) is 13.1 Å². The Labute approximate surface area is 111 Å². The van der Waals surface area contributed by atoms with Gasteiger partial charge in [0.2, 0.25) is 0 Å². The number of hydrogen-bond donors (Lipinski definition) is 2. The normalized spacial score (nSPS) is 22.5. The number of amides is 1. The molecule has 1 unspecified atom stereocenters. The van der Waals surface area contributed by atoms with Crippen molar-refractivity contribution < 1.29 is 19.8 Å². The van der Waals surface area contributed by atoms with E-state index < -0.39 is 11.4 Å². The molecule has 0 aliphatic carbocycles. The zero-order chi connectivity index (χ0) is 14.2. The highest BCUT2D eigenvalue weighted by Crippen LogP contribution is 2.32. The van der Waals surface area contributed by atoms with Crippen LogP contribution >= 0.6 is 0 Å². The van der Waals surface area contributed by atoms with Gasteiger partial charge < -0.3 is 15.1 Å². The minimum atomic E-state index is -0.894. The first-order chi connectivity index (χ1) is 8.85. The number of rotatable bonds is 2. The van der Waals surface area contributed by atoms with Crippen LogP contribution in [0, 0.1) is 12.3 Å². The van der Waals surface area contributed by atoms with Crippen molar-refractivity contribution in [1.82, 2.24) is 4.90 Å². The fourth-order valence-corrected chi connectivity index (χ4v) is 2.31. The van der Waals surface area contributed by atoms with Crippen LogP contribution in [0.2, 0.25) is 0 Å². The van der Waals surface area contributed by atoms with Crippen LogP contribution in [-0.4, -0.2) is 40.1 Å². The summed E-state index contributed by atoms with van der Waals surface area (Å²) in [5, 5.41) is 19.1. The zero-order valence-corrected chi connectivity index (χ0v) is 11.0. The van der Waals surface area contributed by atoms with E-state index >= 15 is 0 Å². The highest BCUT2D eigenvalue weighted by molar-refractivity contribution is 5.97. The van der Waals surface area contributed by atoms with Gasteiger partial charge in [0.05, 0.1) is 11.0 Å². The molecular formula is C14H17NO4. The van der Waals surface area contributed by atoms with Crippen LogP contribution < -0.4 is 0 Å². The molecule has 2 rings (SSSR count). The summed E-state index contributed by atoms with van der Waals surface area (Å²) >= 11 is 0. The molecule has 1 atom stereocenters. The lowest BCUT2D eigenvalue weighted by Crippen LogP contribution is -2.34.